The van der Waals surface area contributed by atoms with E-state index in [0.29, 0.717) is 0 Å². The van der Waals surface area contributed by atoms with E-state index in [-0.39, 0.29) is 12.4 Å². The maximum Gasteiger partial charge on any atom is 0.155 e. The number of aromatic nitrogens is 4. The van der Waals surface area contributed by atoms with Crippen molar-refractivity contribution in [1.29, 1.82) is 0 Å². The van der Waals surface area contributed by atoms with Gasteiger partial charge >= 0.3 is 0 Å². The van der Waals surface area contributed by atoms with E-state index in [1.807, 2.05) is 30.1 Å². The average Bonchev–Trinajstić information content (AvgIpc) is 3.60. The molecule has 1 aromatic carbocycles. The van der Waals surface area contributed by atoms with Crippen LogP contribution in [-0.4, -0.2) is 57.4 Å². The molecule has 3 heterocycles. The summed E-state index contributed by atoms with van der Waals surface area (Å²) in [5.74, 6) is 2.65. The first-order chi connectivity index (χ1) is 15.2. The zero-order valence-electron chi connectivity index (χ0n) is 18.8. The second-order valence-electron chi connectivity index (χ2n) is 8.65. The third-order valence-electron chi connectivity index (χ3n) is 6.39. The predicted octanol–water partition coefficient (Wildman–Crippen LogP) is 3.72. The zero-order valence-corrected chi connectivity index (χ0v) is 19.6. The molecule has 0 bridgehead atoms. The lowest BCUT2D eigenvalue weighted by atomic mass is 10.1. The third kappa shape index (κ3) is 5.05. The maximum absolute atomic E-state index is 5.88. The monoisotopic (exact) mass is 454 g/mol. The van der Waals surface area contributed by atoms with Gasteiger partial charge in [0.25, 0.3) is 0 Å². The van der Waals surface area contributed by atoms with Crippen molar-refractivity contribution < 1.29 is 4.74 Å². The van der Waals surface area contributed by atoms with Crippen LogP contribution >= 0.6 is 12.4 Å². The number of benzene rings is 1. The molecule has 7 nitrogen and oxygen atoms in total. The molecule has 170 valence electrons. The van der Waals surface area contributed by atoms with Gasteiger partial charge in [-0.1, -0.05) is 0 Å². The number of hydrogen-bond donors (Lipinski definition) is 0. The lowest BCUT2D eigenvalue weighted by Gasteiger charge is -2.35. The van der Waals surface area contributed by atoms with Crippen LogP contribution in [0.3, 0.4) is 0 Å². The Labute approximate surface area is 195 Å². The fraction of sp³-hybridized carbons (Fsp3) is 0.458. The Morgan fingerprint density at radius 2 is 1.72 bits per heavy atom. The minimum atomic E-state index is 0. The SMILES string of the molecule is Cc1c(CN2CCN(c3nccnc3-c3ccc(OCC4CC4)cc3)CC2)cnn1C.Cl. The van der Waals surface area contributed by atoms with Crippen molar-refractivity contribution in [3.8, 4) is 17.0 Å². The standard InChI is InChI=1S/C24H30N6O.ClH/c1-18-21(15-27-28(18)2)16-29-11-13-30(14-12-29)24-23(25-9-10-26-24)20-5-7-22(8-6-20)31-17-19-3-4-19;/h5-10,15,19H,3-4,11-14,16-17H2,1-2H3;1H. The van der Waals surface area contributed by atoms with E-state index in [9.17, 15) is 0 Å². The summed E-state index contributed by atoms with van der Waals surface area (Å²) in [4.78, 5) is 14.2. The number of anilines is 1. The topological polar surface area (TPSA) is 59.3 Å². The molecule has 0 amide bonds. The van der Waals surface area contributed by atoms with Crippen LogP contribution in [0.5, 0.6) is 5.75 Å². The van der Waals surface area contributed by atoms with Gasteiger partial charge in [0, 0.05) is 69.0 Å². The molecule has 32 heavy (non-hydrogen) atoms. The molecular weight excluding hydrogens is 424 g/mol. The summed E-state index contributed by atoms with van der Waals surface area (Å²) in [6.07, 6.45) is 8.15. The van der Waals surface area contributed by atoms with Gasteiger partial charge < -0.3 is 9.64 Å². The first kappa shape index (κ1) is 22.6. The van der Waals surface area contributed by atoms with Crippen LogP contribution in [0.2, 0.25) is 0 Å². The average molecular weight is 455 g/mol. The van der Waals surface area contributed by atoms with Crippen molar-refractivity contribution >= 4 is 18.2 Å². The van der Waals surface area contributed by atoms with Crippen LogP contribution in [0.25, 0.3) is 11.3 Å². The molecule has 0 unspecified atom stereocenters. The summed E-state index contributed by atoms with van der Waals surface area (Å²) in [5, 5.41) is 4.37. The minimum absolute atomic E-state index is 0. The molecule has 1 aliphatic carbocycles. The maximum atomic E-state index is 5.88. The van der Waals surface area contributed by atoms with Crippen LogP contribution in [0, 0.1) is 12.8 Å². The quantitative estimate of drug-likeness (QED) is 0.542. The Bertz CT molecular complexity index is 1030. The molecule has 1 aliphatic heterocycles. The van der Waals surface area contributed by atoms with Crippen molar-refractivity contribution in [2.24, 2.45) is 13.0 Å². The lowest BCUT2D eigenvalue weighted by molar-refractivity contribution is 0.249. The Morgan fingerprint density at radius 3 is 2.38 bits per heavy atom. The Hall–Kier alpha value is -2.64. The Morgan fingerprint density at radius 1 is 1.00 bits per heavy atom. The molecule has 3 aromatic rings. The minimum Gasteiger partial charge on any atom is -0.493 e. The number of nitrogens with zero attached hydrogens (tertiary/aromatic N) is 6. The van der Waals surface area contributed by atoms with Gasteiger partial charge in [-0.3, -0.25) is 14.6 Å². The molecule has 8 heteroatoms. The molecular formula is C24H31ClN6O. The van der Waals surface area contributed by atoms with Crippen molar-refractivity contribution in [3.63, 3.8) is 0 Å². The molecule has 2 aliphatic rings. The van der Waals surface area contributed by atoms with Gasteiger partial charge in [0.1, 0.15) is 11.4 Å². The Kier molecular flexibility index (Phi) is 6.96. The third-order valence-corrected chi connectivity index (χ3v) is 6.39. The number of aryl methyl sites for hydroxylation is 1. The van der Waals surface area contributed by atoms with Gasteiger partial charge in [-0.25, -0.2) is 4.98 Å². The first-order valence-electron chi connectivity index (χ1n) is 11.2. The summed E-state index contributed by atoms with van der Waals surface area (Å²) in [5.41, 5.74) is 4.56. The molecule has 0 spiro atoms. The van der Waals surface area contributed by atoms with Crippen LogP contribution in [-0.2, 0) is 13.6 Å². The summed E-state index contributed by atoms with van der Waals surface area (Å²) < 4.78 is 7.82. The first-order valence-corrected chi connectivity index (χ1v) is 11.2. The molecule has 2 fully saturated rings. The van der Waals surface area contributed by atoms with E-state index in [0.717, 1.165) is 68.1 Å². The zero-order chi connectivity index (χ0) is 21.2. The molecule has 0 atom stereocenters. The van der Waals surface area contributed by atoms with Crippen molar-refractivity contribution in [3.05, 3.63) is 54.1 Å². The van der Waals surface area contributed by atoms with E-state index < -0.39 is 0 Å². The van der Waals surface area contributed by atoms with E-state index in [1.165, 1.54) is 24.1 Å². The lowest BCUT2D eigenvalue weighted by Crippen LogP contribution is -2.46. The van der Waals surface area contributed by atoms with Crippen molar-refractivity contribution in [2.75, 3.05) is 37.7 Å². The fourth-order valence-corrected chi connectivity index (χ4v) is 4.03. The van der Waals surface area contributed by atoms with Crippen LogP contribution < -0.4 is 9.64 Å². The highest BCUT2D eigenvalue weighted by Gasteiger charge is 2.23. The van der Waals surface area contributed by atoms with E-state index >= 15 is 0 Å². The fourth-order valence-electron chi connectivity index (χ4n) is 4.03. The second kappa shape index (κ2) is 9.88. The molecule has 1 saturated carbocycles. The smallest absolute Gasteiger partial charge is 0.155 e. The number of halogens is 1. The van der Waals surface area contributed by atoms with E-state index in [1.54, 1.807) is 12.4 Å². The number of piperazine rings is 1. The highest BCUT2D eigenvalue weighted by Crippen LogP contribution is 2.31. The highest BCUT2D eigenvalue weighted by atomic mass is 35.5. The van der Waals surface area contributed by atoms with Gasteiger partial charge in [-0.05, 0) is 49.9 Å². The molecule has 0 radical (unpaired) electrons. The van der Waals surface area contributed by atoms with Gasteiger partial charge in [0.2, 0.25) is 0 Å². The van der Waals surface area contributed by atoms with Crippen LogP contribution in [0.1, 0.15) is 24.1 Å². The van der Waals surface area contributed by atoms with Crippen molar-refractivity contribution in [2.45, 2.75) is 26.3 Å². The van der Waals surface area contributed by atoms with Gasteiger partial charge in [0.05, 0.1) is 12.8 Å². The van der Waals surface area contributed by atoms with Gasteiger partial charge in [-0.2, -0.15) is 5.10 Å². The number of ether oxygens (including phenoxy) is 1. The number of rotatable bonds is 7. The van der Waals surface area contributed by atoms with Gasteiger partial charge in [0.15, 0.2) is 5.82 Å². The molecule has 0 N–H and O–H groups in total. The highest BCUT2D eigenvalue weighted by molar-refractivity contribution is 5.85. The summed E-state index contributed by atoms with van der Waals surface area (Å²) >= 11 is 0. The number of hydrogen-bond acceptors (Lipinski definition) is 6. The van der Waals surface area contributed by atoms with E-state index in [4.69, 9.17) is 9.72 Å². The summed E-state index contributed by atoms with van der Waals surface area (Å²) in [6, 6.07) is 8.28. The summed E-state index contributed by atoms with van der Waals surface area (Å²) in [6.45, 7) is 7.78. The van der Waals surface area contributed by atoms with Crippen molar-refractivity contribution in [1.82, 2.24) is 24.6 Å². The second-order valence-corrected chi connectivity index (χ2v) is 8.65. The largest absolute Gasteiger partial charge is 0.493 e. The molecule has 2 aromatic heterocycles. The predicted molar refractivity (Wildman–Crippen MR) is 128 cm³/mol. The molecule has 1 saturated heterocycles. The Balaban J connectivity index is 0.00000245. The van der Waals surface area contributed by atoms with E-state index in [2.05, 4.69) is 38.9 Å². The van der Waals surface area contributed by atoms with Gasteiger partial charge in [-0.15, -0.1) is 12.4 Å². The van der Waals surface area contributed by atoms with Crippen LogP contribution in [0.15, 0.2) is 42.9 Å². The van der Waals surface area contributed by atoms with Crippen LogP contribution in [0.4, 0.5) is 5.82 Å². The normalized spacial score (nSPS) is 16.6. The summed E-state index contributed by atoms with van der Waals surface area (Å²) in [7, 11) is 2.00. The molecule has 5 rings (SSSR count).